The molecule has 156 valence electrons. The highest BCUT2D eigenvalue weighted by molar-refractivity contribution is 7.77. The number of rotatable bonds is 2. The molecule has 6 nitrogen and oxygen atoms in total. The van der Waals surface area contributed by atoms with Gasteiger partial charge in [-0.3, -0.25) is 15.0 Å². The Balaban J connectivity index is 0.000000937. The van der Waals surface area contributed by atoms with Crippen LogP contribution in [0.2, 0.25) is 0 Å². The molecule has 1 amide bonds. The molecule has 1 aromatic carbocycles. The van der Waals surface area contributed by atoms with Crippen molar-refractivity contribution in [2.75, 3.05) is 5.32 Å². The third-order valence-electron chi connectivity index (χ3n) is 6.58. The molecular weight excluding hydrogens is 396 g/mol. The molecule has 0 atom stereocenters. The maximum atomic E-state index is 13.1. The number of aromatic amines is 1. The van der Waals surface area contributed by atoms with Gasteiger partial charge in [0.15, 0.2) is 5.76 Å². The van der Waals surface area contributed by atoms with Crippen molar-refractivity contribution in [3.8, 4) is 11.3 Å². The highest BCUT2D eigenvalue weighted by atomic mass is 32.1. The number of thiol groups is 1. The lowest BCUT2D eigenvalue weighted by atomic mass is 9.98. The standard InChI is InChI=1S/C23H23N3O2.H3NS/c27-23(20-11-18-19(28-20)9-3-6-15-12-24-26-21(15)18)25-22-16-7-1-4-13(16)10-14-5-2-8-17(14)22;1-2/h10-12H,1-9H2,(H,24,26)(H,25,27);2H,1H2. The van der Waals surface area contributed by atoms with Gasteiger partial charge in [-0.15, -0.1) is 12.8 Å². The largest absolute Gasteiger partial charge is 0.455 e. The first-order valence-corrected chi connectivity index (χ1v) is 11.2. The number of aryl methyl sites for hydroxylation is 4. The van der Waals surface area contributed by atoms with E-state index in [0.717, 1.165) is 67.7 Å². The summed E-state index contributed by atoms with van der Waals surface area (Å²) in [5, 5.41) is 14.7. The number of nitrogens with one attached hydrogen (secondary N) is 2. The Morgan fingerprint density at radius 3 is 2.37 bits per heavy atom. The molecule has 0 bridgehead atoms. The molecule has 0 fully saturated rings. The molecule has 6 rings (SSSR count). The van der Waals surface area contributed by atoms with Crippen molar-refractivity contribution in [2.45, 2.75) is 57.8 Å². The highest BCUT2D eigenvalue weighted by Crippen LogP contribution is 2.39. The van der Waals surface area contributed by atoms with E-state index in [0.29, 0.717) is 5.76 Å². The molecule has 2 aromatic heterocycles. The average Bonchev–Trinajstić information content (AvgIpc) is 3.55. The van der Waals surface area contributed by atoms with Crippen LogP contribution in [-0.2, 0) is 38.5 Å². The number of carbonyl (C=O) groups is 1. The lowest BCUT2D eigenvalue weighted by Gasteiger charge is -2.15. The number of H-pyrrole nitrogens is 1. The maximum absolute atomic E-state index is 13.1. The van der Waals surface area contributed by atoms with Crippen molar-refractivity contribution in [3.05, 3.63) is 57.7 Å². The predicted octanol–water partition coefficient (Wildman–Crippen LogP) is 4.18. The molecule has 0 spiro atoms. The van der Waals surface area contributed by atoms with Crippen molar-refractivity contribution in [3.63, 3.8) is 0 Å². The summed E-state index contributed by atoms with van der Waals surface area (Å²) in [6.07, 6.45) is 11.5. The van der Waals surface area contributed by atoms with Gasteiger partial charge in [-0.05, 0) is 85.3 Å². The van der Waals surface area contributed by atoms with E-state index in [4.69, 9.17) is 4.42 Å². The first-order valence-electron chi connectivity index (χ1n) is 10.7. The monoisotopic (exact) mass is 422 g/mol. The number of furan rings is 1. The van der Waals surface area contributed by atoms with Crippen LogP contribution >= 0.6 is 12.8 Å². The smallest absolute Gasteiger partial charge is 0.291 e. The molecule has 0 saturated carbocycles. The van der Waals surface area contributed by atoms with E-state index in [-0.39, 0.29) is 5.91 Å². The average molecular weight is 423 g/mol. The van der Waals surface area contributed by atoms with Crippen molar-refractivity contribution >= 4 is 24.4 Å². The number of nitrogens with zero attached hydrogens (tertiary/aromatic N) is 1. The molecule has 4 N–H and O–H groups in total. The molecule has 0 saturated heterocycles. The Morgan fingerprint density at radius 1 is 0.967 bits per heavy atom. The Kier molecular flexibility index (Phi) is 5.16. The van der Waals surface area contributed by atoms with Crippen LogP contribution in [0.1, 0.15) is 63.4 Å². The molecular formula is C23H26N4O2S. The Morgan fingerprint density at radius 2 is 1.63 bits per heavy atom. The van der Waals surface area contributed by atoms with Crippen LogP contribution in [0.4, 0.5) is 5.69 Å². The van der Waals surface area contributed by atoms with Gasteiger partial charge in [0.2, 0.25) is 0 Å². The van der Waals surface area contributed by atoms with Gasteiger partial charge in [0.25, 0.3) is 5.91 Å². The number of carbonyl (C=O) groups excluding carboxylic acids is 1. The second kappa shape index (κ2) is 7.96. The van der Waals surface area contributed by atoms with Gasteiger partial charge in [-0.1, -0.05) is 6.07 Å². The molecule has 0 aliphatic heterocycles. The lowest BCUT2D eigenvalue weighted by Crippen LogP contribution is -2.14. The van der Waals surface area contributed by atoms with Gasteiger partial charge in [-0.2, -0.15) is 5.10 Å². The minimum atomic E-state index is -0.136. The van der Waals surface area contributed by atoms with Gasteiger partial charge in [0.1, 0.15) is 5.76 Å². The van der Waals surface area contributed by atoms with Gasteiger partial charge in [-0.25, -0.2) is 0 Å². The topological polar surface area (TPSA) is 96.9 Å². The fourth-order valence-electron chi connectivity index (χ4n) is 5.25. The van der Waals surface area contributed by atoms with Gasteiger partial charge < -0.3 is 9.73 Å². The number of hydrogen-bond acceptors (Lipinski definition) is 5. The van der Waals surface area contributed by atoms with E-state index in [1.807, 2.05) is 12.3 Å². The van der Waals surface area contributed by atoms with E-state index in [1.54, 1.807) is 0 Å². The van der Waals surface area contributed by atoms with Crippen LogP contribution in [-0.4, -0.2) is 16.1 Å². The molecule has 0 radical (unpaired) electrons. The van der Waals surface area contributed by atoms with Gasteiger partial charge in [0, 0.05) is 17.7 Å². The van der Waals surface area contributed by atoms with E-state index >= 15 is 0 Å². The van der Waals surface area contributed by atoms with E-state index < -0.39 is 0 Å². The SMILES string of the molecule is NS.O=C(Nc1c2c(cc3c1CCC3)CCC2)c1cc2c(o1)CCCc1cn[nH]c1-2. The zero-order chi connectivity index (χ0) is 20.7. The van der Waals surface area contributed by atoms with Crippen LogP contribution in [0.5, 0.6) is 0 Å². The number of aromatic nitrogens is 2. The zero-order valence-corrected chi connectivity index (χ0v) is 17.8. The number of amides is 1. The number of anilines is 1. The van der Waals surface area contributed by atoms with Gasteiger partial charge in [0.05, 0.1) is 11.9 Å². The third kappa shape index (κ3) is 3.17. The second-order valence-corrected chi connectivity index (χ2v) is 8.26. The molecule has 7 heteroatoms. The van der Waals surface area contributed by atoms with E-state index in [9.17, 15) is 4.79 Å². The summed E-state index contributed by atoms with van der Waals surface area (Å²) in [6, 6.07) is 4.27. The van der Waals surface area contributed by atoms with Crippen LogP contribution in [0.15, 0.2) is 22.7 Å². The Hall–Kier alpha value is -2.51. The maximum Gasteiger partial charge on any atom is 0.291 e. The normalized spacial score (nSPS) is 15.9. The van der Waals surface area contributed by atoms with Crippen molar-refractivity contribution in [2.24, 2.45) is 5.14 Å². The quantitative estimate of drug-likeness (QED) is 0.466. The van der Waals surface area contributed by atoms with Crippen LogP contribution in [0, 0.1) is 0 Å². The summed E-state index contributed by atoms with van der Waals surface area (Å²) in [5.41, 5.74) is 9.79. The summed E-state index contributed by atoms with van der Waals surface area (Å²) in [7, 11) is 0. The summed E-state index contributed by atoms with van der Waals surface area (Å²) in [6.45, 7) is 0. The van der Waals surface area contributed by atoms with Crippen molar-refractivity contribution in [1.29, 1.82) is 0 Å². The minimum Gasteiger partial charge on any atom is -0.455 e. The fraction of sp³-hybridized carbons (Fsp3) is 0.391. The first kappa shape index (κ1) is 19.5. The number of fused-ring (bicyclic) bond motifs is 5. The van der Waals surface area contributed by atoms with E-state index in [1.165, 1.54) is 40.7 Å². The van der Waals surface area contributed by atoms with Crippen LogP contribution in [0.3, 0.4) is 0 Å². The fourth-order valence-corrected chi connectivity index (χ4v) is 5.25. The second-order valence-electron chi connectivity index (χ2n) is 8.26. The van der Waals surface area contributed by atoms with Crippen molar-refractivity contribution in [1.82, 2.24) is 10.2 Å². The predicted molar refractivity (Wildman–Crippen MR) is 120 cm³/mol. The molecule has 2 heterocycles. The molecule has 3 aliphatic carbocycles. The lowest BCUT2D eigenvalue weighted by molar-refractivity contribution is 0.0994. The highest BCUT2D eigenvalue weighted by Gasteiger charge is 2.27. The molecule has 30 heavy (non-hydrogen) atoms. The first-order chi connectivity index (χ1) is 14.8. The summed E-state index contributed by atoms with van der Waals surface area (Å²) in [5.74, 6) is 1.15. The van der Waals surface area contributed by atoms with Gasteiger partial charge >= 0.3 is 0 Å². The Bertz CT molecular complexity index is 1080. The summed E-state index contributed by atoms with van der Waals surface area (Å²) >= 11 is 3.03. The number of nitrogens with two attached hydrogens (primary N) is 1. The summed E-state index contributed by atoms with van der Waals surface area (Å²) in [4.78, 5) is 13.1. The van der Waals surface area contributed by atoms with Crippen LogP contribution < -0.4 is 10.5 Å². The number of hydrogen-bond donors (Lipinski definition) is 4. The zero-order valence-electron chi connectivity index (χ0n) is 16.9. The molecule has 0 unspecified atom stereocenters. The number of benzene rings is 1. The molecule has 3 aromatic rings. The molecule has 3 aliphatic rings. The third-order valence-corrected chi connectivity index (χ3v) is 6.58. The summed E-state index contributed by atoms with van der Waals surface area (Å²) < 4.78 is 6.03. The Labute approximate surface area is 181 Å². The minimum absolute atomic E-state index is 0.136. The van der Waals surface area contributed by atoms with Crippen LogP contribution in [0.25, 0.3) is 11.3 Å². The van der Waals surface area contributed by atoms with Crippen molar-refractivity contribution < 1.29 is 9.21 Å². The van der Waals surface area contributed by atoms with E-state index in [2.05, 4.69) is 39.5 Å².